The number of hydrogen-bond acceptors (Lipinski definition) is 4. The molecular formula is C14H23ClN2O3. The summed E-state index contributed by atoms with van der Waals surface area (Å²) in [6.45, 7) is 3.97. The quantitative estimate of drug-likeness (QED) is 0.708. The summed E-state index contributed by atoms with van der Waals surface area (Å²) in [6, 6.07) is 6.98. The van der Waals surface area contributed by atoms with Gasteiger partial charge in [-0.05, 0) is 12.5 Å². The third-order valence-electron chi connectivity index (χ3n) is 2.70. The van der Waals surface area contributed by atoms with Crippen LogP contribution in [0.3, 0.4) is 0 Å². The number of halogens is 1. The van der Waals surface area contributed by atoms with Crippen molar-refractivity contribution in [2.75, 3.05) is 33.5 Å². The van der Waals surface area contributed by atoms with E-state index in [0.717, 1.165) is 11.1 Å². The zero-order valence-corrected chi connectivity index (χ0v) is 12.7. The predicted octanol–water partition coefficient (Wildman–Crippen LogP) is 1.20. The lowest BCUT2D eigenvalue weighted by molar-refractivity contribution is -0.122. The number of methoxy groups -OCH3 is 1. The molecule has 0 radical (unpaired) electrons. The molecule has 1 rings (SSSR count). The first-order chi connectivity index (χ1) is 9.15. The molecule has 0 spiro atoms. The van der Waals surface area contributed by atoms with Crippen LogP contribution in [0.25, 0.3) is 0 Å². The molecule has 6 heteroatoms. The Hall–Kier alpha value is -1.14. The van der Waals surface area contributed by atoms with Crippen molar-refractivity contribution in [1.29, 1.82) is 0 Å². The van der Waals surface area contributed by atoms with Gasteiger partial charge in [-0.15, -0.1) is 12.4 Å². The van der Waals surface area contributed by atoms with E-state index in [1.165, 1.54) is 0 Å². The molecule has 114 valence electrons. The second-order valence-corrected chi connectivity index (χ2v) is 4.28. The van der Waals surface area contributed by atoms with Crippen molar-refractivity contribution in [3.63, 3.8) is 0 Å². The van der Waals surface area contributed by atoms with Crippen LogP contribution in [0.4, 0.5) is 0 Å². The molecule has 0 aliphatic carbocycles. The van der Waals surface area contributed by atoms with Crippen LogP contribution in [-0.4, -0.2) is 39.4 Å². The SMILES string of the molecule is COCCOCCNC(=O)C(N)c1ccc(C)cc1.Cl. The Morgan fingerprint density at radius 2 is 1.90 bits per heavy atom. The van der Waals surface area contributed by atoms with Crippen molar-refractivity contribution in [1.82, 2.24) is 5.32 Å². The molecule has 3 N–H and O–H groups in total. The van der Waals surface area contributed by atoms with Crippen molar-refractivity contribution in [2.24, 2.45) is 5.73 Å². The van der Waals surface area contributed by atoms with E-state index in [1.54, 1.807) is 7.11 Å². The molecular weight excluding hydrogens is 280 g/mol. The van der Waals surface area contributed by atoms with Crippen molar-refractivity contribution in [2.45, 2.75) is 13.0 Å². The smallest absolute Gasteiger partial charge is 0.241 e. The van der Waals surface area contributed by atoms with Crippen LogP contribution < -0.4 is 11.1 Å². The van der Waals surface area contributed by atoms with E-state index in [-0.39, 0.29) is 18.3 Å². The van der Waals surface area contributed by atoms with E-state index in [9.17, 15) is 4.79 Å². The van der Waals surface area contributed by atoms with Crippen LogP contribution >= 0.6 is 12.4 Å². The highest BCUT2D eigenvalue weighted by molar-refractivity contribution is 5.85. The standard InChI is InChI=1S/C14H22N2O3.ClH/c1-11-3-5-12(6-4-11)13(15)14(17)16-7-8-19-10-9-18-2;/h3-6,13H,7-10,15H2,1-2H3,(H,16,17);1H. The number of ether oxygens (including phenoxy) is 2. The maximum absolute atomic E-state index is 11.8. The number of carbonyl (C=O) groups excluding carboxylic acids is 1. The van der Waals surface area contributed by atoms with Crippen molar-refractivity contribution >= 4 is 18.3 Å². The third-order valence-corrected chi connectivity index (χ3v) is 2.70. The van der Waals surface area contributed by atoms with E-state index < -0.39 is 6.04 Å². The van der Waals surface area contributed by atoms with Crippen LogP contribution in [-0.2, 0) is 14.3 Å². The molecule has 1 amide bonds. The maximum atomic E-state index is 11.8. The average Bonchev–Trinajstić information content (AvgIpc) is 2.42. The normalized spacial score (nSPS) is 11.6. The summed E-state index contributed by atoms with van der Waals surface area (Å²) in [7, 11) is 1.62. The van der Waals surface area contributed by atoms with Gasteiger partial charge in [0.05, 0.1) is 19.8 Å². The molecule has 1 aromatic carbocycles. The summed E-state index contributed by atoms with van der Waals surface area (Å²) in [5.74, 6) is -0.195. The highest BCUT2D eigenvalue weighted by Gasteiger charge is 2.14. The van der Waals surface area contributed by atoms with Crippen LogP contribution in [0.5, 0.6) is 0 Å². The second kappa shape index (κ2) is 10.6. The fourth-order valence-electron chi connectivity index (χ4n) is 1.53. The molecule has 0 saturated carbocycles. The van der Waals surface area contributed by atoms with E-state index in [1.807, 2.05) is 31.2 Å². The summed E-state index contributed by atoms with van der Waals surface area (Å²) in [5.41, 5.74) is 7.83. The molecule has 20 heavy (non-hydrogen) atoms. The van der Waals surface area contributed by atoms with E-state index >= 15 is 0 Å². The highest BCUT2D eigenvalue weighted by Crippen LogP contribution is 2.11. The minimum absolute atomic E-state index is 0. The molecule has 0 saturated heterocycles. The second-order valence-electron chi connectivity index (χ2n) is 4.28. The number of amides is 1. The Kier molecular flexibility index (Phi) is 10.0. The van der Waals surface area contributed by atoms with Gasteiger partial charge in [0.2, 0.25) is 5.91 Å². The number of benzene rings is 1. The van der Waals surface area contributed by atoms with Gasteiger partial charge in [-0.1, -0.05) is 29.8 Å². The van der Waals surface area contributed by atoms with E-state index in [2.05, 4.69) is 5.32 Å². The Bertz CT molecular complexity index is 385. The van der Waals surface area contributed by atoms with Gasteiger partial charge in [-0.25, -0.2) is 0 Å². The lowest BCUT2D eigenvalue weighted by Crippen LogP contribution is -2.36. The molecule has 1 atom stereocenters. The Labute approximate surface area is 126 Å². The number of carbonyl (C=O) groups is 1. The predicted molar refractivity (Wildman–Crippen MR) is 81.1 cm³/mol. The van der Waals surface area contributed by atoms with Crippen molar-refractivity contribution in [3.05, 3.63) is 35.4 Å². The van der Waals surface area contributed by atoms with Gasteiger partial charge >= 0.3 is 0 Å². The fourth-order valence-corrected chi connectivity index (χ4v) is 1.53. The van der Waals surface area contributed by atoms with E-state index in [4.69, 9.17) is 15.2 Å². The summed E-state index contributed by atoms with van der Waals surface area (Å²) in [5, 5.41) is 2.74. The maximum Gasteiger partial charge on any atom is 0.241 e. The Balaban J connectivity index is 0.00000361. The minimum Gasteiger partial charge on any atom is -0.382 e. The molecule has 0 aliphatic rings. The van der Waals surface area contributed by atoms with Crippen LogP contribution in [0.1, 0.15) is 17.2 Å². The van der Waals surface area contributed by atoms with Crippen molar-refractivity contribution in [3.8, 4) is 0 Å². The van der Waals surface area contributed by atoms with Crippen molar-refractivity contribution < 1.29 is 14.3 Å². The summed E-state index contributed by atoms with van der Waals surface area (Å²) in [4.78, 5) is 11.8. The molecule has 1 aromatic rings. The highest BCUT2D eigenvalue weighted by atomic mass is 35.5. The number of nitrogens with one attached hydrogen (secondary N) is 1. The number of aryl methyl sites for hydroxylation is 1. The van der Waals surface area contributed by atoms with Crippen LogP contribution in [0, 0.1) is 6.92 Å². The third kappa shape index (κ3) is 6.86. The lowest BCUT2D eigenvalue weighted by Gasteiger charge is -2.13. The van der Waals surface area contributed by atoms with Gasteiger partial charge in [0.1, 0.15) is 6.04 Å². The monoisotopic (exact) mass is 302 g/mol. The molecule has 5 nitrogen and oxygen atoms in total. The first kappa shape index (κ1) is 18.9. The average molecular weight is 303 g/mol. The molecule has 1 unspecified atom stereocenters. The van der Waals surface area contributed by atoms with Gasteiger partial charge in [-0.2, -0.15) is 0 Å². The van der Waals surface area contributed by atoms with Gasteiger partial charge < -0.3 is 20.5 Å². The zero-order chi connectivity index (χ0) is 14.1. The molecule has 0 aliphatic heterocycles. The van der Waals surface area contributed by atoms with Gasteiger partial charge in [0.15, 0.2) is 0 Å². The molecule has 0 bridgehead atoms. The van der Waals surface area contributed by atoms with Crippen LogP contribution in [0.2, 0.25) is 0 Å². The van der Waals surface area contributed by atoms with Crippen LogP contribution in [0.15, 0.2) is 24.3 Å². The zero-order valence-electron chi connectivity index (χ0n) is 11.9. The Morgan fingerprint density at radius 1 is 1.25 bits per heavy atom. The summed E-state index contributed by atoms with van der Waals surface area (Å²) >= 11 is 0. The first-order valence-electron chi connectivity index (χ1n) is 6.31. The topological polar surface area (TPSA) is 73.6 Å². The molecule has 0 fully saturated rings. The summed E-state index contributed by atoms with van der Waals surface area (Å²) in [6.07, 6.45) is 0. The largest absolute Gasteiger partial charge is 0.382 e. The Morgan fingerprint density at radius 3 is 2.50 bits per heavy atom. The lowest BCUT2D eigenvalue weighted by atomic mass is 10.1. The number of nitrogens with two attached hydrogens (primary N) is 1. The summed E-state index contributed by atoms with van der Waals surface area (Å²) < 4.78 is 10.1. The number of rotatable bonds is 8. The van der Waals surface area contributed by atoms with E-state index in [0.29, 0.717) is 26.4 Å². The minimum atomic E-state index is -0.639. The van der Waals surface area contributed by atoms with Gasteiger partial charge in [0, 0.05) is 13.7 Å². The number of hydrogen-bond donors (Lipinski definition) is 2. The first-order valence-corrected chi connectivity index (χ1v) is 6.31. The van der Waals surface area contributed by atoms with Gasteiger partial charge in [0.25, 0.3) is 0 Å². The van der Waals surface area contributed by atoms with Gasteiger partial charge in [-0.3, -0.25) is 4.79 Å². The fraction of sp³-hybridized carbons (Fsp3) is 0.500. The molecule has 0 heterocycles. The molecule has 0 aromatic heterocycles.